The topological polar surface area (TPSA) is 68.1 Å². The van der Waals surface area contributed by atoms with E-state index in [2.05, 4.69) is 55.8 Å². The lowest BCUT2D eigenvalue weighted by Gasteiger charge is -2.42. The van der Waals surface area contributed by atoms with Crippen LogP contribution in [-0.4, -0.2) is 63.6 Å². The lowest BCUT2D eigenvalue weighted by molar-refractivity contribution is -0.384. The minimum absolute atomic E-state index is 0.0555. The second kappa shape index (κ2) is 11.1. The number of nitrogens with zero attached hydrogens (tertiary/aromatic N) is 3. The van der Waals surface area contributed by atoms with E-state index in [0.29, 0.717) is 12.4 Å². The normalized spacial score (nSPS) is 16.4. The maximum absolute atomic E-state index is 10.9. The molecule has 1 saturated heterocycles. The van der Waals surface area contributed by atoms with Crippen LogP contribution in [0.1, 0.15) is 20.8 Å². The van der Waals surface area contributed by atoms with Crippen LogP contribution < -0.4 is 9.64 Å². The van der Waals surface area contributed by atoms with Crippen molar-refractivity contribution in [2.24, 2.45) is 0 Å². The molecule has 0 amide bonds. The van der Waals surface area contributed by atoms with E-state index in [9.17, 15) is 10.1 Å². The third kappa shape index (κ3) is 7.18. The minimum Gasteiger partial charge on any atom is -0.491 e. The first-order chi connectivity index (χ1) is 15.9. The van der Waals surface area contributed by atoms with Gasteiger partial charge in [0.25, 0.3) is 5.69 Å². The van der Waals surface area contributed by atoms with Crippen molar-refractivity contribution in [2.45, 2.75) is 45.0 Å². The van der Waals surface area contributed by atoms with Crippen LogP contribution in [0.2, 0.25) is 23.2 Å². The summed E-state index contributed by atoms with van der Waals surface area (Å²) in [6.07, 6.45) is -0.0850. The quantitative estimate of drug-likeness (QED) is 0.242. The van der Waals surface area contributed by atoms with Crippen molar-refractivity contribution < 1.29 is 14.1 Å². The number of nitro groups is 1. The molecule has 9 heteroatoms. The van der Waals surface area contributed by atoms with Crippen LogP contribution in [0.4, 0.5) is 11.4 Å². The van der Waals surface area contributed by atoms with Gasteiger partial charge in [-0.1, -0.05) is 32.4 Å². The fraction of sp³-hybridized carbons (Fsp3) is 0.520. The summed E-state index contributed by atoms with van der Waals surface area (Å²) in [5.41, 5.74) is 1.25. The Bertz CT molecular complexity index is 940. The Morgan fingerprint density at radius 2 is 1.62 bits per heavy atom. The third-order valence-corrected chi connectivity index (χ3v) is 11.6. The SMILES string of the molecule is CC(C)(C)[Si](C)(C)OC(COc1ccc([N+](=O)[O-])cc1)CN1CCN(c2ccc(Cl)cc2)CC1. The summed E-state index contributed by atoms with van der Waals surface area (Å²) < 4.78 is 12.8. The second-order valence-electron chi connectivity index (χ2n) is 10.3. The van der Waals surface area contributed by atoms with E-state index < -0.39 is 13.2 Å². The lowest BCUT2D eigenvalue weighted by atomic mass is 10.2. The minimum atomic E-state index is -2.00. The first-order valence-corrected chi connectivity index (χ1v) is 15.0. The number of halogens is 1. The van der Waals surface area contributed by atoms with Gasteiger partial charge in [0.2, 0.25) is 0 Å². The van der Waals surface area contributed by atoms with E-state index in [1.165, 1.54) is 17.8 Å². The summed E-state index contributed by atoms with van der Waals surface area (Å²) in [4.78, 5) is 15.3. The highest BCUT2D eigenvalue weighted by Crippen LogP contribution is 2.37. The number of non-ortho nitro benzene ring substituents is 1. The Morgan fingerprint density at radius 1 is 1.03 bits per heavy atom. The van der Waals surface area contributed by atoms with E-state index >= 15 is 0 Å². The highest BCUT2D eigenvalue weighted by atomic mass is 35.5. The number of benzene rings is 2. The maximum Gasteiger partial charge on any atom is 0.269 e. The maximum atomic E-state index is 10.9. The van der Waals surface area contributed by atoms with Gasteiger partial charge in [0, 0.05) is 55.6 Å². The number of nitro benzene ring substituents is 1. The van der Waals surface area contributed by atoms with Crippen LogP contribution in [0.25, 0.3) is 0 Å². The molecule has 1 heterocycles. The van der Waals surface area contributed by atoms with Crippen LogP contribution >= 0.6 is 11.6 Å². The molecule has 0 bridgehead atoms. The van der Waals surface area contributed by atoms with Gasteiger partial charge in [-0.3, -0.25) is 15.0 Å². The van der Waals surface area contributed by atoms with Crippen LogP contribution in [0, 0.1) is 10.1 Å². The molecule has 1 unspecified atom stereocenters. The molecule has 1 aliphatic heterocycles. The average molecular weight is 506 g/mol. The second-order valence-corrected chi connectivity index (χ2v) is 15.5. The van der Waals surface area contributed by atoms with E-state index in [-0.39, 0.29) is 16.8 Å². The molecule has 2 aromatic carbocycles. The number of hydrogen-bond acceptors (Lipinski definition) is 6. The van der Waals surface area contributed by atoms with Gasteiger partial charge < -0.3 is 14.1 Å². The van der Waals surface area contributed by atoms with Gasteiger partial charge in [-0.25, -0.2) is 0 Å². The molecule has 2 aromatic rings. The molecule has 0 saturated carbocycles. The Hall–Kier alpha value is -2.13. The Morgan fingerprint density at radius 3 is 2.15 bits per heavy atom. The Labute approximate surface area is 208 Å². The fourth-order valence-electron chi connectivity index (χ4n) is 3.70. The standard InChI is InChI=1S/C25H36ClN3O4Si/c1-25(2,3)34(4,5)33-24(19-32-23-12-10-22(11-13-23)29(30)31)18-27-14-16-28(17-15-27)21-8-6-20(26)7-9-21/h6-13,24H,14-19H2,1-5H3. The van der Waals surface area contributed by atoms with Crippen molar-refractivity contribution in [2.75, 3.05) is 44.2 Å². The number of ether oxygens (including phenoxy) is 1. The molecular weight excluding hydrogens is 470 g/mol. The van der Waals surface area contributed by atoms with Crippen LogP contribution in [0.5, 0.6) is 5.75 Å². The van der Waals surface area contributed by atoms with Crippen molar-refractivity contribution in [3.05, 3.63) is 63.7 Å². The molecule has 0 radical (unpaired) electrons. The van der Waals surface area contributed by atoms with Crippen molar-refractivity contribution in [3.63, 3.8) is 0 Å². The fourth-order valence-corrected chi connectivity index (χ4v) is 5.15. The monoisotopic (exact) mass is 505 g/mol. The molecular formula is C25H36ClN3O4Si. The third-order valence-electron chi connectivity index (χ3n) is 6.78. The van der Waals surface area contributed by atoms with Gasteiger partial charge in [0.1, 0.15) is 12.4 Å². The average Bonchev–Trinajstić information content (AvgIpc) is 2.78. The van der Waals surface area contributed by atoms with E-state index in [0.717, 1.165) is 37.7 Å². The summed E-state index contributed by atoms with van der Waals surface area (Å²) in [6.45, 7) is 16.2. The molecule has 7 nitrogen and oxygen atoms in total. The molecule has 186 valence electrons. The molecule has 0 N–H and O–H groups in total. The van der Waals surface area contributed by atoms with Gasteiger partial charge in [-0.2, -0.15) is 0 Å². The first kappa shape index (κ1) is 26.5. The molecule has 0 spiro atoms. The van der Waals surface area contributed by atoms with Crippen molar-refractivity contribution >= 4 is 31.3 Å². The molecule has 1 aliphatic rings. The highest BCUT2D eigenvalue weighted by Gasteiger charge is 2.39. The summed E-state index contributed by atoms with van der Waals surface area (Å²) >= 11 is 6.03. The largest absolute Gasteiger partial charge is 0.491 e. The number of piperazine rings is 1. The van der Waals surface area contributed by atoms with Crippen LogP contribution in [0.3, 0.4) is 0 Å². The predicted octanol–water partition coefficient (Wildman–Crippen LogP) is 5.84. The molecule has 34 heavy (non-hydrogen) atoms. The van der Waals surface area contributed by atoms with Crippen LogP contribution in [0.15, 0.2) is 48.5 Å². The molecule has 1 fully saturated rings. The highest BCUT2D eigenvalue weighted by molar-refractivity contribution is 6.74. The zero-order chi connectivity index (χ0) is 24.9. The molecule has 0 aliphatic carbocycles. The first-order valence-electron chi connectivity index (χ1n) is 11.7. The number of rotatable bonds is 9. The number of anilines is 1. The summed E-state index contributed by atoms with van der Waals surface area (Å²) in [7, 11) is -2.00. The smallest absolute Gasteiger partial charge is 0.269 e. The van der Waals surface area contributed by atoms with Gasteiger partial charge >= 0.3 is 0 Å². The van der Waals surface area contributed by atoms with E-state index in [1.807, 2.05) is 12.1 Å². The van der Waals surface area contributed by atoms with Gasteiger partial charge in [-0.15, -0.1) is 0 Å². The molecule has 0 aromatic heterocycles. The summed E-state index contributed by atoms with van der Waals surface area (Å²) in [5.74, 6) is 0.613. The van der Waals surface area contributed by atoms with Gasteiger partial charge in [0.15, 0.2) is 8.32 Å². The summed E-state index contributed by atoms with van der Waals surface area (Å²) in [6, 6.07) is 14.2. The summed E-state index contributed by atoms with van der Waals surface area (Å²) in [5, 5.41) is 11.8. The van der Waals surface area contributed by atoms with Gasteiger partial charge in [0.05, 0.1) is 11.0 Å². The van der Waals surface area contributed by atoms with Crippen molar-refractivity contribution in [1.29, 1.82) is 0 Å². The van der Waals surface area contributed by atoms with Gasteiger partial charge in [-0.05, 0) is 54.5 Å². The van der Waals surface area contributed by atoms with E-state index in [1.54, 1.807) is 12.1 Å². The molecule has 1 atom stereocenters. The zero-order valence-corrected chi connectivity index (χ0v) is 22.5. The Balaban J connectivity index is 1.62. The van der Waals surface area contributed by atoms with Crippen molar-refractivity contribution in [1.82, 2.24) is 4.90 Å². The molecule has 3 rings (SSSR count). The zero-order valence-electron chi connectivity index (χ0n) is 20.8. The van der Waals surface area contributed by atoms with Crippen molar-refractivity contribution in [3.8, 4) is 5.75 Å². The lowest BCUT2D eigenvalue weighted by Crippen LogP contribution is -2.53. The van der Waals surface area contributed by atoms with E-state index in [4.69, 9.17) is 20.8 Å². The predicted molar refractivity (Wildman–Crippen MR) is 141 cm³/mol. The van der Waals surface area contributed by atoms with Crippen LogP contribution in [-0.2, 0) is 4.43 Å². The Kier molecular flexibility index (Phi) is 8.62. The number of hydrogen-bond donors (Lipinski definition) is 0.